The van der Waals surface area contributed by atoms with Gasteiger partial charge in [0.1, 0.15) is 22.7 Å². The number of ether oxygens (including phenoxy) is 2. The lowest BCUT2D eigenvalue weighted by Crippen LogP contribution is -2.58. The third-order valence-corrected chi connectivity index (χ3v) is 5.19. The minimum Gasteiger partial charge on any atom is -0.444 e. The largest absolute Gasteiger partial charge is 0.444 e. The molecule has 1 aliphatic rings. The fourth-order valence-electron chi connectivity index (χ4n) is 3.59. The summed E-state index contributed by atoms with van der Waals surface area (Å²) in [6.07, 6.45) is 4.52. The molecule has 8 nitrogen and oxygen atoms in total. The molecule has 1 amide bonds. The lowest BCUT2D eigenvalue weighted by molar-refractivity contribution is 0.0190. The van der Waals surface area contributed by atoms with Gasteiger partial charge in [0.2, 0.25) is 0 Å². The fraction of sp³-hybridized carbons (Fsp3) is 0.632. The fourth-order valence-corrected chi connectivity index (χ4v) is 3.85. The number of alkyl carbamates (subject to hydrolysis) is 1. The minimum atomic E-state index is -0.532. The Bertz CT molecular complexity index is 825. The predicted molar refractivity (Wildman–Crippen MR) is 107 cm³/mol. The number of piperidine rings is 1. The number of methoxy groups -OCH3 is 1. The van der Waals surface area contributed by atoms with Crippen molar-refractivity contribution in [2.75, 3.05) is 26.8 Å². The zero-order valence-electron chi connectivity index (χ0n) is 16.8. The highest BCUT2D eigenvalue weighted by Crippen LogP contribution is 2.28. The van der Waals surface area contributed by atoms with Gasteiger partial charge in [0, 0.05) is 32.9 Å². The maximum Gasteiger partial charge on any atom is 0.408 e. The molecule has 2 N–H and O–H groups in total. The summed E-state index contributed by atoms with van der Waals surface area (Å²) in [6.45, 7) is 8.39. The molecule has 9 heteroatoms. The van der Waals surface area contributed by atoms with Crippen molar-refractivity contribution in [1.29, 1.82) is 0 Å². The van der Waals surface area contributed by atoms with Gasteiger partial charge in [-0.2, -0.15) is 0 Å². The zero-order valence-corrected chi connectivity index (χ0v) is 17.6. The second kappa shape index (κ2) is 8.23. The van der Waals surface area contributed by atoms with E-state index in [0.717, 1.165) is 49.1 Å². The van der Waals surface area contributed by atoms with Crippen LogP contribution in [0, 0.1) is 0 Å². The normalized spacial score (nSPS) is 17.6. The standard InChI is InChI=1S/C19H28ClN5O3/c1-18(2,3)28-17(26)24-19(11-27-4)5-7-25(8-6-19)10-13-9-21-16-14(13)15(20)22-12-23-16/h9,12H,5-8,10-11H2,1-4H3,(H,24,26)(H,21,22,23). The van der Waals surface area contributed by atoms with Gasteiger partial charge in [-0.25, -0.2) is 14.8 Å². The number of hydrogen-bond acceptors (Lipinski definition) is 6. The van der Waals surface area contributed by atoms with E-state index in [4.69, 9.17) is 21.1 Å². The van der Waals surface area contributed by atoms with E-state index in [9.17, 15) is 4.79 Å². The predicted octanol–water partition coefficient (Wildman–Crippen LogP) is 3.12. The van der Waals surface area contributed by atoms with Crippen molar-refractivity contribution < 1.29 is 14.3 Å². The van der Waals surface area contributed by atoms with Crippen molar-refractivity contribution in [2.24, 2.45) is 0 Å². The van der Waals surface area contributed by atoms with E-state index in [1.165, 1.54) is 6.33 Å². The number of carbonyl (C=O) groups is 1. The number of aromatic amines is 1. The molecule has 1 fully saturated rings. The lowest BCUT2D eigenvalue weighted by atomic mass is 9.88. The van der Waals surface area contributed by atoms with Crippen molar-refractivity contribution in [1.82, 2.24) is 25.2 Å². The molecular formula is C19H28ClN5O3. The Morgan fingerprint density at radius 2 is 2.07 bits per heavy atom. The summed E-state index contributed by atoms with van der Waals surface area (Å²) < 4.78 is 10.8. The Morgan fingerprint density at radius 1 is 1.36 bits per heavy atom. The summed E-state index contributed by atoms with van der Waals surface area (Å²) in [5, 5.41) is 4.37. The summed E-state index contributed by atoms with van der Waals surface area (Å²) >= 11 is 6.25. The number of aromatic nitrogens is 3. The van der Waals surface area contributed by atoms with Crippen LogP contribution in [-0.4, -0.2) is 63.9 Å². The molecule has 0 radical (unpaired) electrons. The summed E-state index contributed by atoms with van der Waals surface area (Å²) in [4.78, 5) is 26.1. The Labute approximate surface area is 170 Å². The SMILES string of the molecule is COCC1(NC(=O)OC(C)(C)C)CCN(Cc2c[nH]c3ncnc(Cl)c23)CC1. The molecule has 0 aliphatic carbocycles. The molecule has 28 heavy (non-hydrogen) atoms. The van der Waals surface area contributed by atoms with Crippen LogP contribution in [0.3, 0.4) is 0 Å². The highest BCUT2D eigenvalue weighted by Gasteiger charge is 2.37. The van der Waals surface area contributed by atoms with Crippen molar-refractivity contribution in [3.63, 3.8) is 0 Å². The van der Waals surface area contributed by atoms with Crippen LogP contribution in [-0.2, 0) is 16.0 Å². The first-order valence-electron chi connectivity index (χ1n) is 9.40. The molecule has 3 heterocycles. The molecule has 0 saturated carbocycles. The number of halogens is 1. The van der Waals surface area contributed by atoms with Gasteiger partial charge in [-0.15, -0.1) is 0 Å². The van der Waals surface area contributed by atoms with Gasteiger partial charge in [-0.05, 0) is 39.2 Å². The van der Waals surface area contributed by atoms with Gasteiger partial charge in [-0.1, -0.05) is 11.6 Å². The molecule has 154 valence electrons. The minimum absolute atomic E-state index is 0.404. The second-order valence-electron chi connectivity index (χ2n) is 8.32. The summed E-state index contributed by atoms with van der Waals surface area (Å²) in [7, 11) is 1.65. The number of likely N-dealkylation sites (tertiary alicyclic amines) is 1. The molecule has 0 bridgehead atoms. The number of hydrogen-bond donors (Lipinski definition) is 2. The van der Waals surface area contributed by atoms with Crippen LogP contribution in [0.5, 0.6) is 0 Å². The zero-order chi connectivity index (χ0) is 20.4. The summed E-state index contributed by atoms with van der Waals surface area (Å²) in [5.41, 5.74) is 0.858. The van der Waals surface area contributed by atoms with Crippen LogP contribution in [0.25, 0.3) is 11.0 Å². The quantitative estimate of drug-likeness (QED) is 0.737. The van der Waals surface area contributed by atoms with Crippen LogP contribution >= 0.6 is 11.6 Å². The molecule has 0 unspecified atom stereocenters. The number of fused-ring (bicyclic) bond motifs is 1. The van der Waals surface area contributed by atoms with Crippen molar-refractivity contribution in [2.45, 2.75) is 51.3 Å². The number of nitrogens with zero attached hydrogens (tertiary/aromatic N) is 3. The molecule has 3 rings (SSSR count). The first kappa shape index (κ1) is 20.8. The number of nitrogens with one attached hydrogen (secondary N) is 2. The first-order valence-corrected chi connectivity index (χ1v) is 9.78. The number of rotatable bonds is 5. The maximum atomic E-state index is 12.3. The highest BCUT2D eigenvalue weighted by molar-refractivity contribution is 6.34. The van der Waals surface area contributed by atoms with Gasteiger partial charge < -0.3 is 19.8 Å². The van der Waals surface area contributed by atoms with E-state index >= 15 is 0 Å². The molecule has 0 spiro atoms. The molecule has 1 saturated heterocycles. The van der Waals surface area contributed by atoms with Gasteiger partial charge in [0.15, 0.2) is 0 Å². The Balaban J connectivity index is 1.64. The highest BCUT2D eigenvalue weighted by atomic mass is 35.5. The summed E-state index contributed by atoms with van der Waals surface area (Å²) in [5.74, 6) is 0. The molecule has 0 aromatic carbocycles. The van der Waals surface area contributed by atoms with Crippen LogP contribution in [0.2, 0.25) is 5.15 Å². The summed E-state index contributed by atoms with van der Waals surface area (Å²) in [6, 6.07) is 0. The van der Waals surface area contributed by atoms with E-state index in [-0.39, 0.29) is 0 Å². The average molecular weight is 410 g/mol. The van der Waals surface area contributed by atoms with Gasteiger partial charge in [-0.3, -0.25) is 4.90 Å². The van der Waals surface area contributed by atoms with Crippen LogP contribution in [0.15, 0.2) is 12.5 Å². The molecule has 2 aromatic rings. The average Bonchev–Trinajstić information content (AvgIpc) is 3.00. The number of amides is 1. The molecule has 1 aliphatic heterocycles. The maximum absolute atomic E-state index is 12.3. The monoisotopic (exact) mass is 409 g/mol. The van der Waals surface area contributed by atoms with Crippen LogP contribution < -0.4 is 5.32 Å². The van der Waals surface area contributed by atoms with Gasteiger partial charge in [0.05, 0.1) is 17.5 Å². The van der Waals surface area contributed by atoms with Crippen LogP contribution in [0.1, 0.15) is 39.2 Å². The number of H-pyrrole nitrogens is 1. The van der Waals surface area contributed by atoms with Crippen molar-refractivity contribution >= 4 is 28.7 Å². The third kappa shape index (κ3) is 4.92. The topological polar surface area (TPSA) is 92.4 Å². The second-order valence-corrected chi connectivity index (χ2v) is 8.68. The van der Waals surface area contributed by atoms with Gasteiger partial charge >= 0.3 is 6.09 Å². The van der Waals surface area contributed by atoms with Gasteiger partial charge in [0.25, 0.3) is 0 Å². The first-order chi connectivity index (χ1) is 13.2. The van der Waals surface area contributed by atoms with E-state index < -0.39 is 17.2 Å². The van der Waals surface area contributed by atoms with E-state index in [2.05, 4.69) is 25.2 Å². The smallest absolute Gasteiger partial charge is 0.408 e. The van der Waals surface area contributed by atoms with E-state index in [1.54, 1.807) is 7.11 Å². The van der Waals surface area contributed by atoms with E-state index in [1.807, 2.05) is 27.0 Å². The molecule has 2 aromatic heterocycles. The third-order valence-electron chi connectivity index (χ3n) is 4.90. The Hall–Kier alpha value is -1.90. The van der Waals surface area contributed by atoms with E-state index in [0.29, 0.717) is 11.8 Å². The van der Waals surface area contributed by atoms with Crippen molar-refractivity contribution in [3.05, 3.63) is 23.2 Å². The Kier molecular flexibility index (Phi) is 6.12. The Morgan fingerprint density at radius 3 is 2.71 bits per heavy atom. The lowest BCUT2D eigenvalue weighted by Gasteiger charge is -2.42. The molecular weight excluding hydrogens is 382 g/mol. The molecule has 0 atom stereocenters. The number of carbonyl (C=O) groups excluding carboxylic acids is 1. The van der Waals surface area contributed by atoms with Crippen molar-refractivity contribution in [3.8, 4) is 0 Å². The van der Waals surface area contributed by atoms with Crippen LogP contribution in [0.4, 0.5) is 4.79 Å².